The summed E-state index contributed by atoms with van der Waals surface area (Å²) in [5.74, 6) is -0.188. The largest absolute Gasteiger partial charge is 0.497 e. The molecule has 1 saturated heterocycles. The Hall–Kier alpha value is -4.95. The first-order chi connectivity index (χ1) is 21.9. The van der Waals surface area contributed by atoms with Crippen LogP contribution in [0.4, 0.5) is 15.8 Å². The molecule has 0 radical (unpaired) electrons. The number of fused-ring (bicyclic) bond motifs is 1. The second kappa shape index (κ2) is 13.4. The summed E-state index contributed by atoms with van der Waals surface area (Å²) in [7, 11) is 1.61. The van der Waals surface area contributed by atoms with Gasteiger partial charge in [-0.25, -0.2) is 4.39 Å². The number of nitrogens with one attached hydrogen (secondary N) is 3. The van der Waals surface area contributed by atoms with Crippen molar-refractivity contribution in [2.45, 2.75) is 38.8 Å². The molecule has 0 aliphatic carbocycles. The van der Waals surface area contributed by atoms with E-state index in [1.165, 1.54) is 37.0 Å². The highest BCUT2D eigenvalue weighted by Gasteiger charge is 2.30. The van der Waals surface area contributed by atoms with Gasteiger partial charge in [-0.2, -0.15) is 0 Å². The average molecular weight is 605 g/mol. The van der Waals surface area contributed by atoms with Gasteiger partial charge < -0.3 is 20.7 Å². The molecule has 0 bridgehead atoms. The fourth-order valence-electron chi connectivity index (χ4n) is 5.98. The van der Waals surface area contributed by atoms with E-state index in [1.807, 2.05) is 43.3 Å². The molecule has 6 rings (SSSR count). The summed E-state index contributed by atoms with van der Waals surface area (Å²) in [6.07, 6.45) is 3.71. The second-order valence-electron chi connectivity index (χ2n) is 11.6. The lowest BCUT2D eigenvalue weighted by Gasteiger charge is -2.26. The number of halogens is 1. The lowest BCUT2D eigenvalue weighted by Crippen LogP contribution is -2.29. The van der Waals surface area contributed by atoms with Gasteiger partial charge in [0, 0.05) is 29.0 Å². The zero-order valence-corrected chi connectivity index (χ0v) is 25.5. The molecule has 230 valence electrons. The van der Waals surface area contributed by atoms with Gasteiger partial charge in [-0.15, -0.1) is 0 Å². The third-order valence-corrected chi connectivity index (χ3v) is 8.42. The number of ether oxygens (including phenoxy) is 1. The van der Waals surface area contributed by atoms with E-state index in [-0.39, 0.29) is 23.7 Å². The van der Waals surface area contributed by atoms with Gasteiger partial charge in [0.1, 0.15) is 11.6 Å². The first-order valence-electron chi connectivity index (χ1n) is 15.4. The highest BCUT2D eigenvalue weighted by Crippen LogP contribution is 2.38. The second-order valence-corrected chi connectivity index (χ2v) is 11.6. The zero-order valence-electron chi connectivity index (χ0n) is 25.5. The van der Waals surface area contributed by atoms with Crippen molar-refractivity contribution in [3.8, 4) is 5.75 Å². The zero-order chi connectivity index (χ0) is 31.3. The van der Waals surface area contributed by atoms with Crippen molar-refractivity contribution in [3.63, 3.8) is 0 Å². The Morgan fingerprint density at radius 1 is 0.933 bits per heavy atom. The maximum absolute atomic E-state index is 14.0. The Labute approximate surface area is 263 Å². The molecule has 1 atom stereocenters. The van der Waals surface area contributed by atoms with Crippen molar-refractivity contribution in [2.75, 3.05) is 30.8 Å². The summed E-state index contributed by atoms with van der Waals surface area (Å²) in [4.78, 5) is 29.4. The summed E-state index contributed by atoms with van der Waals surface area (Å²) in [6, 6.07) is 26.7. The Bertz CT molecular complexity index is 1730. The number of piperidine rings is 1. The fraction of sp³-hybridized carbons (Fsp3) is 0.243. The minimum Gasteiger partial charge on any atom is -0.497 e. The predicted octanol–water partition coefficient (Wildman–Crippen LogP) is 7.24. The van der Waals surface area contributed by atoms with Crippen LogP contribution in [-0.2, 0) is 11.3 Å². The van der Waals surface area contributed by atoms with Crippen molar-refractivity contribution in [1.82, 2.24) is 10.2 Å². The molecule has 0 saturated carbocycles. The van der Waals surface area contributed by atoms with Crippen LogP contribution in [0.25, 0.3) is 11.3 Å². The van der Waals surface area contributed by atoms with Crippen LogP contribution < -0.4 is 20.7 Å². The van der Waals surface area contributed by atoms with Gasteiger partial charge in [0.05, 0.1) is 24.4 Å². The Morgan fingerprint density at radius 2 is 1.67 bits per heavy atom. The number of methoxy groups -OCH3 is 1. The van der Waals surface area contributed by atoms with Gasteiger partial charge >= 0.3 is 0 Å². The number of nitrogens with zero attached hydrogens (tertiary/aromatic N) is 1. The van der Waals surface area contributed by atoms with E-state index >= 15 is 0 Å². The van der Waals surface area contributed by atoms with Crippen LogP contribution in [0.2, 0.25) is 0 Å². The topological polar surface area (TPSA) is 82.7 Å². The van der Waals surface area contributed by atoms with Crippen LogP contribution in [0.15, 0.2) is 91.0 Å². The first-order valence-corrected chi connectivity index (χ1v) is 15.4. The average Bonchev–Trinajstić information content (AvgIpc) is 3.39. The lowest BCUT2D eigenvalue weighted by molar-refractivity contribution is -0.110. The third-order valence-electron chi connectivity index (χ3n) is 8.42. The molecule has 2 aliphatic heterocycles. The van der Waals surface area contributed by atoms with Crippen LogP contribution >= 0.6 is 0 Å². The molecule has 4 aromatic carbocycles. The quantitative estimate of drug-likeness (QED) is 0.176. The number of anilines is 2. The molecule has 7 nitrogen and oxygen atoms in total. The Balaban J connectivity index is 1.32. The summed E-state index contributed by atoms with van der Waals surface area (Å²) < 4.78 is 19.2. The fourth-order valence-corrected chi connectivity index (χ4v) is 5.98. The SMILES string of the molecule is COc1ccc([C@@H](C)NC(=O)c2ccc3c(c2)/C(=C(/Nc2cccc(CN4CCCCC4)c2)c2ccc(F)cc2)C(=O)N3)cc1. The van der Waals surface area contributed by atoms with Crippen LogP contribution in [0, 0.1) is 5.82 Å². The maximum atomic E-state index is 14.0. The van der Waals surface area contributed by atoms with E-state index in [2.05, 4.69) is 33.0 Å². The van der Waals surface area contributed by atoms with Crippen LogP contribution in [0.3, 0.4) is 0 Å². The number of hydrogen-bond donors (Lipinski definition) is 3. The monoisotopic (exact) mass is 604 g/mol. The van der Waals surface area contributed by atoms with Crippen molar-refractivity contribution >= 4 is 34.5 Å². The van der Waals surface area contributed by atoms with Crippen molar-refractivity contribution < 1.29 is 18.7 Å². The van der Waals surface area contributed by atoms with Gasteiger partial charge in [0.2, 0.25) is 0 Å². The highest BCUT2D eigenvalue weighted by molar-refractivity contribution is 6.37. The molecule has 0 spiro atoms. The molecular weight excluding hydrogens is 567 g/mol. The molecule has 2 aliphatic rings. The Morgan fingerprint density at radius 3 is 2.40 bits per heavy atom. The number of likely N-dealkylation sites (tertiary alicyclic amines) is 1. The number of carbonyl (C=O) groups excluding carboxylic acids is 2. The smallest absolute Gasteiger partial charge is 0.258 e. The van der Waals surface area contributed by atoms with E-state index in [0.29, 0.717) is 33.6 Å². The van der Waals surface area contributed by atoms with Crippen molar-refractivity contribution in [1.29, 1.82) is 0 Å². The molecular formula is C37H37FN4O3. The highest BCUT2D eigenvalue weighted by atomic mass is 19.1. The maximum Gasteiger partial charge on any atom is 0.258 e. The molecule has 3 N–H and O–H groups in total. The molecule has 2 heterocycles. The van der Waals surface area contributed by atoms with Crippen LogP contribution in [-0.4, -0.2) is 36.9 Å². The molecule has 1 fully saturated rings. The Kier molecular flexibility index (Phi) is 8.93. The van der Waals surface area contributed by atoms with Gasteiger partial charge in [0.15, 0.2) is 0 Å². The summed E-state index contributed by atoms with van der Waals surface area (Å²) in [5.41, 5.74) is 6.13. The van der Waals surface area contributed by atoms with Crippen molar-refractivity contribution in [2.24, 2.45) is 0 Å². The van der Waals surface area contributed by atoms with Crippen molar-refractivity contribution in [3.05, 3.63) is 125 Å². The lowest BCUT2D eigenvalue weighted by atomic mass is 9.98. The van der Waals surface area contributed by atoms with E-state index in [1.54, 1.807) is 37.4 Å². The van der Waals surface area contributed by atoms with Crippen LogP contribution in [0.5, 0.6) is 5.75 Å². The molecule has 45 heavy (non-hydrogen) atoms. The van der Waals surface area contributed by atoms with Gasteiger partial charge in [0.25, 0.3) is 11.8 Å². The summed E-state index contributed by atoms with van der Waals surface area (Å²) in [5, 5.41) is 9.48. The van der Waals surface area contributed by atoms with Gasteiger partial charge in [-0.1, -0.05) is 30.7 Å². The number of rotatable bonds is 9. The normalized spacial score (nSPS) is 16.4. The minimum atomic E-state index is -0.368. The van der Waals surface area contributed by atoms with E-state index in [9.17, 15) is 14.0 Å². The molecule has 0 unspecified atom stereocenters. The molecule has 8 heteroatoms. The van der Waals surface area contributed by atoms with Gasteiger partial charge in [-0.05, 0) is 116 Å². The summed E-state index contributed by atoms with van der Waals surface area (Å²) in [6.45, 7) is 4.96. The minimum absolute atomic E-state index is 0.250. The first kappa shape index (κ1) is 30.1. The van der Waals surface area contributed by atoms with Crippen LogP contribution in [0.1, 0.15) is 64.8 Å². The molecule has 4 aromatic rings. The van der Waals surface area contributed by atoms with E-state index in [4.69, 9.17) is 4.74 Å². The third kappa shape index (κ3) is 6.91. The number of hydrogen-bond acceptors (Lipinski definition) is 5. The molecule has 2 amide bonds. The molecule has 0 aromatic heterocycles. The summed E-state index contributed by atoms with van der Waals surface area (Å²) >= 11 is 0. The number of benzene rings is 4. The predicted molar refractivity (Wildman–Crippen MR) is 176 cm³/mol. The number of carbonyl (C=O) groups is 2. The standard InChI is InChI=1S/C37H37FN4O3/c1-24(26-11-16-31(45-2)17-12-26)39-36(43)28-13-18-33-32(22-28)34(37(44)41-33)35(27-9-14-29(38)15-10-27)40-30-8-6-7-25(21-30)23-42-19-4-3-5-20-42/h6-18,21-22,24,40H,3-5,19-20,23H2,1-2H3,(H,39,43)(H,41,44)/b35-34-/t24-/m1/s1. The van der Waals surface area contributed by atoms with E-state index in [0.717, 1.165) is 36.6 Å². The van der Waals surface area contributed by atoms with Gasteiger partial charge in [-0.3, -0.25) is 14.5 Å². The number of amides is 2. The van der Waals surface area contributed by atoms with E-state index < -0.39 is 0 Å².